The van der Waals surface area contributed by atoms with Crippen molar-refractivity contribution >= 4 is 5.91 Å². The van der Waals surface area contributed by atoms with Gasteiger partial charge in [0.2, 0.25) is 5.91 Å². The number of amides is 1. The fourth-order valence-corrected chi connectivity index (χ4v) is 3.07. The number of pyridine rings is 1. The highest BCUT2D eigenvalue weighted by Crippen LogP contribution is 2.33. The van der Waals surface area contributed by atoms with Gasteiger partial charge in [0.25, 0.3) is 0 Å². The first kappa shape index (κ1) is 18.4. The predicted octanol–water partition coefficient (Wildman–Crippen LogP) is 3.83. The highest BCUT2D eigenvalue weighted by Gasteiger charge is 2.33. The largest absolute Gasteiger partial charge is 0.433 e. The Morgan fingerprint density at radius 2 is 2.08 bits per heavy atom. The Kier molecular flexibility index (Phi) is 4.54. The Labute approximate surface area is 149 Å². The molecule has 26 heavy (non-hydrogen) atoms. The van der Waals surface area contributed by atoms with E-state index in [0.717, 1.165) is 29.9 Å². The molecule has 0 saturated carbocycles. The van der Waals surface area contributed by atoms with Crippen molar-refractivity contribution in [2.45, 2.75) is 52.3 Å². The zero-order chi connectivity index (χ0) is 19.1. The van der Waals surface area contributed by atoms with Gasteiger partial charge in [0.15, 0.2) is 0 Å². The van der Waals surface area contributed by atoms with E-state index in [2.05, 4.69) is 15.4 Å². The van der Waals surface area contributed by atoms with Gasteiger partial charge in [-0.1, -0.05) is 20.8 Å². The first-order valence-corrected chi connectivity index (χ1v) is 8.44. The average Bonchev–Trinajstić information content (AvgIpc) is 3.07. The summed E-state index contributed by atoms with van der Waals surface area (Å²) in [7, 11) is 0. The van der Waals surface area contributed by atoms with Gasteiger partial charge < -0.3 is 5.32 Å². The maximum Gasteiger partial charge on any atom is 0.433 e. The third kappa shape index (κ3) is 4.05. The van der Waals surface area contributed by atoms with Gasteiger partial charge in [-0.25, -0.2) is 4.68 Å². The normalized spacial score (nSPS) is 17.2. The SMILES string of the molecule is CC(C)(C)CC(=O)N[C@H]1CCc2nn(-c3ccnc(C(F)(F)F)c3)cc21. The van der Waals surface area contributed by atoms with E-state index < -0.39 is 11.9 Å². The number of nitrogens with zero attached hydrogens (tertiary/aromatic N) is 3. The Hall–Kier alpha value is -2.38. The van der Waals surface area contributed by atoms with E-state index in [1.165, 1.54) is 10.7 Å². The van der Waals surface area contributed by atoms with E-state index in [0.29, 0.717) is 18.5 Å². The molecule has 1 aliphatic carbocycles. The number of alkyl halides is 3. The van der Waals surface area contributed by atoms with Gasteiger partial charge in [0.1, 0.15) is 5.69 Å². The monoisotopic (exact) mass is 366 g/mol. The molecule has 8 heteroatoms. The second-order valence-electron chi connectivity index (χ2n) is 7.77. The van der Waals surface area contributed by atoms with Crippen molar-refractivity contribution in [3.63, 3.8) is 0 Å². The summed E-state index contributed by atoms with van der Waals surface area (Å²) in [6.07, 6.45) is 0.146. The summed E-state index contributed by atoms with van der Waals surface area (Å²) in [5.74, 6) is -0.0358. The molecule has 1 N–H and O–H groups in total. The Morgan fingerprint density at radius 1 is 1.35 bits per heavy atom. The number of hydrogen-bond donors (Lipinski definition) is 1. The molecule has 3 rings (SSSR count). The van der Waals surface area contributed by atoms with Crippen molar-refractivity contribution in [2.75, 3.05) is 0 Å². The maximum atomic E-state index is 12.8. The van der Waals surface area contributed by atoms with E-state index in [1.807, 2.05) is 20.8 Å². The van der Waals surface area contributed by atoms with Gasteiger partial charge >= 0.3 is 6.18 Å². The van der Waals surface area contributed by atoms with Crippen molar-refractivity contribution in [2.24, 2.45) is 5.41 Å². The molecule has 2 aromatic heterocycles. The van der Waals surface area contributed by atoms with Gasteiger partial charge in [-0.3, -0.25) is 9.78 Å². The van der Waals surface area contributed by atoms with Crippen LogP contribution in [0.1, 0.15) is 56.6 Å². The highest BCUT2D eigenvalue weighted by molar-refractivity contribution is 5.77. The van der Waals surface area contributed by atoms with Crippen molar-refractivity contribution in [3.05, 3.63) is 41.5 Å². The third-order valence-electron chi connectivity index (χ3n) is 4.19. The number of rotatable bonds is 3. The molecule has 0 saturated heterocycles. The molecule has 1 aliphatic rings. The summed E-state index contributed by atoms with van der Waals surface area (Å²) in [5, 5.41) is 7.39. The van der Waals surface area contributed by atoms with Crippen LogP contribution in [0.15, 0.2) is 24.5 Å². The van der Waals surface area contributed by atoms with Gasteiger partial charge in [-0.2, -0.15) is 18.3 Å². The molecule has 140 valence electrons. The van der Waals surface area contributed by atoms with Crippen LogP contribution < -0.4 is 5.32 Å². The van der Waals surface area contributed by atoms with Gasteiger partial charge in [-0.15, -0.1) is 0 Å². The minimum Gasteiger partial charge on any atom is -0.349 e. The third-order valence-corrected chi connectivity index (χ3v) is 4.19. The number of nitrogens with one attached hydrogen (secondary N) is 1. The zero-order valence-corrected chi connectivity index (χ0v) is 14.9. The van der Waals surface area contributed by atoms with Crippen LogP contribution in [0.4, 0.5) is 13.2 Å². The molecular formula is C18H21F3N4O. The lowest BCUT2D eigenvalue weighted by atomic mass is 9.92. The fraction of sp³-hybridized carbons (Fsp3) is 0.500. The van der Waals surface area contributed by atoms with Gasteiger partial charge in [0.05, 0.1) is 17.4 Å². The lowest BCUT2D eigenvalue weighted by Gasteiger charge is -2.20. The molecule has 0 radical (unpaired) electrons. The second-order valence-corrected chi connectivity index (χ2v) is 7.77. The number of halogens is 3. The van der Waals surface area contributed by atoms with Crippen LogP contribution in [-0.2, 0) is 17.4 Å². The van der Waals surface area contributed by atoms with Crippen LogP contribution >= 0.6 is 0 Å². The minimum atomic E-state index is -4.50. The second kappa shape index (κ2) is 6.41. The van der Waals surface area contributed by atoms with E-state index in [-0.39, 0.29) is 17.4 Å². The fourth-order valence-electron chi connectivity index (χ4n) is 3.07. The topological polar surface area (TPSA) is 59.8 Å². The Balaban J connectivity index is 1.80. The summed E-state index contributed by atoms with van der Waals surface area (Å²) in [6.45, 7) is 5.98. The number of fused-ring (bicyclic) bond motifs is 1. The molecule has 0 aliphatic heterocycles. The molecule has 2 aromatic rings. The number of hydrogen-bond acceptors (Lipinski definition) is 3. The minimum absolute atomic E-state index is 0.0358. The summed E-state index contributed by atoms with van der Waals surface area (Å²) >= 11 is 0. The number of carbonyl (C=O) groups is 1. The van der Waals surface area contributed by atoms with Crippen molar-refractivity contribution in [1.82, 2.24) is 20.1 Å². The summed E-state index contributed by atoms with van der Waals surface area (Å²) in [4.78, 5) is 15.5. The number of carbonyl (C=O) groups excluding carboxylic acids is 1. The van der Waals surface area contributed by atoms with Crippen LogP contribution in [0.3, 0.4) is 0 Å². The Bertz CT molecular complexity index is 821. The molecule has 0 unspecified atom stereocenters. The van der Waals surface area contributed by atoms with Gasteiger partial charge in [0, 0.05) is 24.4 Å². The predicted molar refractivity (Wildman–Crippen MR) is 89.6 cm³/mol. The number of aromatic nitrogens is 3. The van der Waals surface area contributed by atoms with Crippen LogP contribution in [0.2, 0.25) is 0 Å². The zero-order valence-electron chi connectivity index (χ0n) is 14.9. The van der Waals surface area contributed by atoms with E-state index >= 15 is 0 Å². The smallest absolute Gasteiger partial charge is 0.349 e. The average molecular weight is 366 g/mol. The highest BCUT2D eigenvalue weighted by atomic mass is 19.4. The number of aryl methyl sites for hydroxylation is 1. The van der Waals surface area contributed by atoms with Crippen LogP contribution in [-0.4, -0.2) is 20.7 Å². The van der Waals surface area contributed by atoms with E-state index in [9.17, 15) is 18.0 Å². The summed E-state index contributed by atoms with van der Waals surface area (Å²) in [6, 6.07) is 2.29. The first-order valence-electron chi connectivity index (χ1n) is 8.44. The molecule has 5 nitrogen and oxygen atoms in total. The van der Waals surface area contributed by atoms with Crippen molar-refractivity contribution < 1.29 is 18.0 Å². The lowest BCUT2D eigenvalue weighted by Crippen LogP contribution is -2.30. The standard InChI is InChI=1S/C18H21F3N4O/c1-17(2,3)9-16(26)23-13-4-5-14-12(13)10-25(24-14)11-6-7-22-15(8-11)18(19,20)21/h6-8,10,13H,4-5,9H2,1-3H3,(H,23,26)/t13-/m0/s1. The summed E-state index contributed by atoms with van der Waals surface area (Å²) < 4.78 is 40.0. The molecule has 0 bridgehead atoms. The summed E-state index contributed by atoms with van der Waals surface area (Å²) in [5.41, 5.74) is 0.886. The molecule has 0 spiro atoms. The van der Waals surface area contributed by atoms with Gasteiger partial charge in [-0.05, 0) is 30.4 Å². The van der Waals surface area contributed by atoms with Crippen LogP contribution in [0.25, 0.3) is 5.69 Å². The van der Waals surface area contributed by atoms with Crippen LogP contribution in [0.5, 0.6) is 0 Å². The molecule has 1 atom stereocenters. The van der Waals surface area contributed by atoms with E-state index in [4.69, 9.17) is 0 Å². The molecule has 0 fully saturated rings. The van der Waals surface area contributed by atoms with Crippen molar-refractivity contribution in [3.8, 4) is 5.69 Å². The van der Waals surface area contributed by atoms with E-state index in [1.54, 1.807) is 6.20 Å². The lowest BCUT2D eigenvalue weighted by molar-refractivity contribution is -0.141. The Morgan fingerprint density at radius 3 is 2.73 bits per heavy atom. The first-order chi connectivity index (χ1) is 12.0. The molecular weight excluding hydrogens is 345 g/mol. The molecule has 2 heterocycles. The van der Waals surface area contributed by atoms with Crippen molar-refractivity contribution in [1.29, 1.82) is 0 Å². The molecule has 0 aromatic carbocycles. The molecule has 1 amide bonds. The van der Waals surface area contributed by atoms with Crippen LogP contribution in [0, 0.1) is 5.41 Å². The quantitative estimate of drug-likeness (QED) is 0.898. The maximum absolute atomic E-state index is 12.8.